The predicted octanol–water partition coefficient (Wildman–Crippen LogP) is 4.45. The Morgan fingerprint density at radius 2 is 1.84 bits per heavy atom. The van der Waals surface area contributed by atoms with Crippen molar-refractivity contribution in [1.82, 2.24) is 24.6 Å². The van der Waals surface area contributed by atoms with E-state index < -0.39 is 11.6 Å². The molecule has 37 heavy (non-hydrogen) atoms. The third-order valence-electron chi connectivity index (χ3n) is 8.62. The van der Waals surface area contributed by atoms with Crippen molar-refractivity contribution in [2.45, 2.75) is 70.1 Å². The van der Waals surface area contributed by atoms with Crippen molar-refractivity contribution in [2.24, 2.45) is 11.3 Å². The fraction of sp³-hybridized carbons (Fsp3) is 0.577. The molecular formula is C26H29F3N6O2. The van der Waals surface area contributed by atoms with Crippen LogP contribution in [0.15, 0.2) is 23.1 Å². The lowest BCUT2D eigenvalue weighted by Gasteiger charge is -2.39. The van der Waals surface area contributed by atoms with Gasteiger partial charge in [-0.1, -0.05) is 0 Å². The van der Waals surface area contributed by atoms with Gasteiger partial charge in [0.25, 0.3) is 5.56 Å². The molecule has 11 heteroatoms. The van der Waals surface area contributed by atoms with Gasteiger partial charge >= 0.3 is 6.18 Å². The number of pyridine rings is 1. The highest BCUT2D eigenvalue weighted by Crippen LogP contribution is 2.70. The zero-order valence-electron chi connectivity index (χ0n) is 21.0. The van der Waals surface area contributed by atoms with Crippen molar-refractivity contribution in [3.63, 3.8) is 0 Å². The maximum atomic E-state index is 13.9. The van der Waals surface area contributed by atoms with E-state index in [1.165, 1.54) is 10.7 Å². The number of rotatable bonds is 4. The quantitative estimate of drug-likeness (QED) is 0.550. The zero-order chi connectivity index (χ0) is 26.1. The van der Waals surface area contributed by atoms with Gasteiger partial charge in [-0.05, 0) is 63.5 Å². The van der Waals surface area contributed by atoms with Gasteiger partial charge in [-0.15, -0.1) is 0 Å². The Hall–Kier alpha value is -3.08. The van der Waals surface area contributed by atoms with Gasteiger partial charge in [-0.3, -0.25) is 4.79 Å². The summed E-state index contributed by atoms with van der Waals surface area (Å²) in [6, 6.07) is 3.25. The standard InChI is InChI=1S/C26H29F3N6O2/c1-13-14(2)32-24-22(31-13)21(18-11-25(26(27,28)29)9-17(18)10-25)33-23(34-24)15-6-7-37-19(8-15)16-4-5-20(36)35(12-16)30-3/h4-5,12,15,17-19,30H,6-11H2,1-3H3. The highest BCUT2D eigenvalue weighted by molar-refractivity contribution is 5.74. The fourth-order valence-electron chi connectivity index (χ4n) is 6.37. The molecule has 4 heterocycles. The van der Waals surface area contributed by atoms with Gasteiger partial charge in [0.1, 0.15) is 11.3 Å². The van der Waals surface area contributed by atoms with Gasteiger partial charge in [0, 0.05) is 37.8 Å². The summed E-state index contributed by atoms with van der Waals surface area (Å²) in [6.45, 7) is 4.18. The largest absolute Gasteiger partial charge is 0.394 e. The third-order valence-corrected chi connectivity index (χ3v) is 8.62. The number of nitrogens with one attached hydrogen (secondary N) is 1. The molecule has 0 spiro atoms. The minimum atomic E-state index is -4.21. The van der Waals surface area contributed by atoms with Crippen LogP contribution in [0.4, 0.5) is 13.2 Å². The van der Waals surface area contributed by atoms with Crippen molar-refractivity contribution >= 4 is 11.2 Å². The number of aromatic nitrogens is 5. The van der Waals surface area contributed by atoms with Gasteiger partial charge in [0.05, 0.1) is 28.6 Å². The summed E-state index contributed by atoms with van der Waals surface area (Å²) >= 11 is 0. The number of hydrogen-bond acceptors (Lipinski definition) is 7. The molecule has 196 valence electrons. The number of aryl methyl sites for hydroxylation is 2. The van der Waals surface area contributed by atoms with E-state index in [1.54, 1.807) is 19.3 Å². The van der Waals surface area contributed by atoms with E-state index in [-0.39, 0.29) is 48.7 Å². The van der Waals surface area contributed by atoms with Gasteiger partial charge in [0.15, 0.2) is 5.65 Å². The van der Waals surface area contributed by atoms with E-state index in [0.717, 1.165) is 17.0 Å². The Labute approximate surface area is 211 Å². The van der Waals surface area contributed by atoms with Crippen molar-refractivity contribution in [3.05, 3.63) is 57.2 Å². The fourth-order valence-corrected chi connectivity index (χ4v) is 6.37. The predicted molar refractivity (Wildman–Crippen MR) is 130 cm³/mol. The Morgan fingerprint density at radius 1 is 1.08 bits per heavy atom. The summed E-state index contributed by atoms with van der Waals surface area (Å²) in [7, 11) is 1.67. The summed E-state index contributed by atoms with van der Waals surface area (Å²) < 4.78 is 49.0. The average molecular weight is 515 g/mol. The van der Waals surface area contributed by atoms with Crippen LogP contribution in [-0.2, 0) is 4.74 Å². The summed E-state index contributed by atoms with van der Waals surface area (Å²) in [5.74, 6) is 0.159. The van der Waals surface area contributed by atoms with E-state index in [0.29, 0.717) is 42.1 Å². The lowest BCUT2D eigenvalue weighted by atomic mass is 9.68. The molecule has 3 unspecified atom stereocenters. The maximum absolute atomic E-state index is 13.9. The lowest BCUT2D eigenvalue weighted by Crippen LogP contribution is -2.42. The lowest BCUT2D eigenvalue weighted by molar-refractivity contribution is -0.244. The van der Waals surface area contributed by atoms with Crippen molar-refractivity contribution < 1.29 is 17.9 Å². The first kappa shape index (κ1) is 24.3. The van der Waals surface area contributed by atoms with E-state index in [4.69, 9.17) is 19.7 Å². The molecule has 8 nitrogen and oxygen atoms in total. The first-order valence-electron chi connectivity index (χ1n) is 12.7. The normalized spacial score (nSPS) is 29.4. The number of halogens is 3. The molecule has 1 saturated heterocycles. The molecule has 0 radical (unpaired) electrons. The van der Waals surface area contributed by atoms with Crippen molar-refractivity contribution in [1.29, 1.82) is 0 Å². The summed E-state index contributed by atoms with van der Waals surface area (Å²) in [4.78, 5) is 31.1. The molecule has 3 saturated carbocycles. The second-order valence-electron chi connectivity index (χ2n) is 10.8. The van der Waals surface area contributed by atoms with Gasteiger partial charge in [-0.2, -0.15) is 13.2 Å². The molecule has 4 aliphatic rings. The van der Waals surface area contributed by atoms with Crippen LogP contribution in [0.5, 0.6) is 0 Å². The number of nitrogens with zero attached hydrogens (tertiary/aromatic N) is 5. The summed E-state index contributed by atoms with van der Waals surface area (Å²) in [5.41, 5.74) is 4.96. The molecule has 3 aromatic heterocycles. The van der Waals surface area contributed by atoms with E-state index in [9.17, 15) is 18.0 Å². The Balaban J connectivity index is 1.38. The molecule has 1 N–H and O–H groups in total. The SMILES string of the molecule is CNn1cc(C2CC(c3nc(C4CC5(C(F)(F)F)CC4C5)c4nc(C)c(C)nc4n3)CCO2)ccc1=O. The van der Waals surface area contributed by atoms with Gasteiger partial charge < -0.3 is 10.2 Å². The summed E-state index contributed by atoms with van der Waals surface area (Å²) in [6.07, 6.45) is -1.12. The highest BCUT2D eigenvalue weighted by atomic mass is 19.4. The maximum Gasteiger partial charge on any atom is 0.394 e. The molecule has 2 bridgehead atoms. The number of ether oxygens (including phenoxy) is 1. The van der Waals surface area contributed by atoms with E-state index >= 15 is 0 Å². The Kier molecular flexibility index (Phi) is 5.56. The molecule has 4 fully saturated rings. The van der Waals surface area contributed by atoms with Gasteiger partial charge in [-0.25, -0.2) is 24.6 Å². The first-order chi connectivity index (χ1) is 17.6. The molecular weight excluding hydrogens is 485 g/mol. The Morgan fingerprint density at radius 3 is 2.54 bits per heavy atom. The van der Waals surface area contributed by atoms with Crippen LogP contribution >= 0.6 is 0 Å². The zero-order valence-corrected chi connectivity index (χ0v) is 21.0. The smallest absolute Gasteiger partial charge is 0.373 e. The molecule has 7 rings (SSSR count). The summed E-state index contributed by atoms with van der Waals surface area (Å²) in [5, 5.41) is 0. The van der Waals surface area contributed by atoms with Crippen LogP contribution in [0.2, 0.25) is 0 Å². The second kappa shape index (κ2) is 8.47. The monoisotopic (exact) mass is 514 g/mol. The topological polar surface area (TPSA) is 94.8 Å². The molecule has 0 aromatic carbocycles. The molecule has 0 amide bonds. The highest BCUT2D eigenvalue weighted by Gasteiger charge is 2.69. The van der Waals surface area contributed by atoms with Crippen LogP contribution in [0.3, 0.4) is 0 Å². The number of fused-ring (bicyclic) bond motifs is 2. The van der Waals surface area contributed by atoms with Crippen LogP contribution in [0.1, 0.15) is 78.5 Å². The van der Waals surface area contributed by atoms with Gasteiger partial charge in [0.2, 0.25) is 0 Å². The number of hydrogen-bond donors (Lipinski definition) is 1. The van der Waals surface area contributed by atoms with E-state index in [2.05, 4.69) is 10.4 Å². The van der Waals surface area contributed by atoms with Crippen LogP contribution in [0.25, 0.3) is 11.2 Å². The third kappa shape index (κ3) is 3.89. The first-order valence-corrected chi connectivity index (χ1v) is 12.7. The van der Waals surface area contributed by atoms with Crippen molar-refractivity contribution in [2.75, 3.05) is 19.1 Å². The second-order valence-corrected chi connectivity index (χ2v) is 10.8. The van der Waals surface area contributed by atoms with E-state index in [1.807, 2.05) is 13.8 Å². The number of alkyl halides is 3. The minimum Gasteiger partial charge on any atom is -0.373 e. The Bertz CT molecular complexity index is 1430. The molecule has 3 aliphatic carbocycles. The molecule has 3 atom stereocenters. The van der Waals surface area contributed by atoms with Crippen LogP contribution in [-0.4, -0.2) is 44.4 Å². The minimum absolute atomic E-state index is 0.0449. The van der Waals surface area contributed by atoms with Crippen LogP contribution < -0.4 is 11.0 Å². The molecule has 3 aromatic rings. The van der Waals surface area contributed by atoms with Crippen LogP contribution in [0, 0.1) is 25.2 Å². The average Bonchev–Trinajstić information content (AvgIpc) is 3.43. The molecule has 1 aliphatic heterocycles. The van der Waals surface area contributed by atoms with Crippen molar-refractivity contribution in [3.8, 4) is 0 Å².